The van der Waals surface area contributed by atoms with Gasteiger partial charge in [0.25, 0.3) is 0 Å². The van der Waals surface area contributed by atoms with Crippen molar-refractivity contribution in [2.45, 2.75) is 51.9 Å². The highest BCUT2D eigenvalue weighted by Gasteiger charge is 2.47. The summed E-state index contributed by atoms with van der Waals surface area (Å²) in [6.07, 6.45) is 5.15. The average molecular weight is 366 g/mol. The van der Waals surface area contributed by atoms with Gasteiger partial charge in [-0.15, -0.1) is 0 Å². The maximum Gasteiger partial charge on any atom is 0.343 e. The van der Waals surface area contributed by atoms with Crippen LogP contribution in [0.2, 0.25) is 0 Å². The molecule has 4 heteroatoms. The van der Waals surface area contributed by atoms with Crippen LogP contribution in [0.15, 0.2) is 48.5 Å². The number of epoxide rings is 1. The lowest BCUT2D eigenvalue weighted by atomic mass is 9.81. The van der Waals surface area contributed by atoms with Crippen molar-refractivity contribution in [2.75, 3.05) is 0 Å². The first-order valence-electron chi connectivity index (χ1n) is 9.79. The number of hydrogen-bond acceptors (Lipinski definition) is 4. The molecule has 4 rings (SSSR count). The Balaban J connectivity index is 1.28. The molecule has 2 aromatic carbocycles. The molecule has 2 atom stereocenters. The second-order valence-electron chi connectivity index (χ2n) is 7.83. The fourth-order valence-corrected chi connectivity index (χ4v) is 3.73. The molecule has 2 fully saturated rings. The molecule has 1 heterocycles. The van der Waals surface area contributed by atoms with Gasteiger partial charge in [-0.1, -0.05) is 37.5 Å². The molecule has 2 unspecified atom stereocenters. The van der Waals surface area contributed by atoms with E-state index >= 15 is 0 Å². The monoisotopic (exact) mass is 366 g/mol. The van der Waals surface area contributed by atoms with Gasteiger partial charge in [-0.2, -0.15) is 0 Å². The third-order valence-corrected chi connectivity index (χ3v) is 5.58. The number of ether oxygens (including phenoxy) is 3. The topological polar surface area (TPSA) is 48.1 Å². The Morgan fingerprint density at radius 3 is 2.22 bits per heavy atom. The van der Waals surface area contributed by atoms with Crippen molar-refractivity contribution in [1.82, 2.24) is 0 Å². The van der Waals surface area contributed by atoms with Crippen molar-refractivity contribution in [2.24, 2.45) is 11.8 Å². The van der Waals surface area contributed by atoms with Gasteiger partial charge in [-0.25, -0.2) is 4.79 Å². The quantitative estimate of drug-likeness (QED) is 0.417. The highest BCUT2D eigenvalue weighted by Crippen LogP contribution is 2.40. The molecule has 1 aliphatic carbocycles. The molecule has 0 N–H and O–H groups in total. The van der Waals surface area contributed by atoms with Crippen molar-refractivity contribution in [3.8, 4) is 11.5 Å². The predicted molar refractivity (Wildman–Crippen MR) is 103 cm³/mol. The Labute approximate surface area is 160 Å². The predicted octanol–water partition coefficient (Wildman–Crippen LogP) is 5.14. The van der Waals surface area contributed by atoms with E-state index in [1.165, 1.54) is 25.7 Å². The molecule has 4 nitrogen and oxygen atoms in total. The number of aryl methyl sites for hydroxylation is 1. The van der Waals surface area contributed by atoms with E-state index in [9.17, 15) is 4.79 Å². The third-order valence-electron chi connectivity index (χ3n) is 5.58. The normalized spacial score (nSPS) is 27.0. The molecule has 27 heavy (non-hydrogen) atoms. The minimum absolute atomic E-state index is 0.135. The van der Waals surface area contributed by atoms with Crippen LogP contribution in [-0.4, -0.2) is 18.4 Å². The highest BCUT2D eigenvalue weighted by molar-refractivity contribution is 5.91. The summed E-state index contributed by atoms with van der Waals surface area (Å²) >= 11 is 0. The zero-order chi connectivity index (χ0) is 18.8. The van der Waals surface area contributed by atoms with Crippen molar-refractivity contribution >= 4 is 5.97 Å². The average Bonchev–Trinajstić information content (AvgIpc) is 3.43. The lowest BCUT2D eigenvalue weighted by molar-refractivity contribution is 0.0734. The zero-order valence-electron chi connectivity index (χ0n) is 15.9. The van der Waals surface area contributed by atoms with Gasteiger partial charge >= 0.3 is 5.97 Å². The molecule has 0 bridgehead atoms. The number of hydrogen-bond donors (Lipinski definition) is 0. The van der Waals surface area contributed by atoms with Gasteiger partial charge in [0.2, 0.25) is 6.29 Å². The van der Waals surface area contributed by atoms with Gasteiger partial charge in [-0.05, 0) is 68.0 Å². The second-order valence-corrected chi connectivity index (χ2v) is 7.83. The summed E-state index contributed by atoms with van der Waals surface area (Å²) in [7, 11) is 0. The number of esters is 1. The number of rotatable bonds is 5. The van der Waals surface area contributed by atoms with Crippen LogP contribution in [-0.2, 0) is 4.74 Å². The molecule has 0 aromatic heterocycles. The minimum atomic E-state index is -0.360. The maximum absolute atomic E-state index is 12.2. The Morgan fingerprint density at radius 2 is 1.56 bits per heavy atom. The Hall–Kier alpha value is -2.33. The molecule has 1 saturated carbocycles. The number of benzene rings is 2. The smallest absolute Gasteiger partial charge is 0.343 e. The molecular weight excluding hydrogens is 340 g/mol. The number of carbonyl (C=O) groups is 1. The molecule has 1 aliphatic heterocycles. The van der Waals surface area contributed by atoms with Gasteiger partial charge in [0.05, 0.1) is 5.56 Å². The van der Waals surface area contributed by atoms with Crippen molar-refractivity contribution in [1.29, 1.82) is 0 Å². The van der Waals surface area contributed by atoms with E-state index in [1.807, 2.05) is 31.2 Å². The van der Waals surface area contributed by atoms with E-state index in [0.29, 0.717) is 17.2 Å². The molecule has 0 spiro atoms. The summed E-state index contributed by atoms with van der Waals surface area (Å²) in [6.45, 7) is 4.31. The fraction of sp³-hybridized carbons (Fsp3) is 0.435. The van der Waals surface area contributed by atoms with Crippen LogP contribution < -0.4 is 9.47 Å². The number of carbonyl (C=O) groups excluding carboxylic acids is 1. The van der Waals surface area contributed by atoms with Crippen LogP contribution in [0.3, 0.4) is 0 Å². The summed E-state index contributed by atoms with van der Waals surface area (Å²) in [5.41, 5.74) is 1.65. The van der Waals surface area contributed by atoms with E-state index in [0.717, 1.165) is 17.2 Å². The summed E-state index contributed by atoms with van der Waals surface area (Å²) in [4.78, 5) is 12.2. The van der Waals surface area contributed by atoms with Crippen LogP contribution >= 0.6 is 0 Å². The minimum Gasteiger partial charge on any atom is -0.462 e. The SMILES string of the molecule is Cc1ccc(C(=O)Oc2ccc(OC3OC3C3CCC(C)CC3)cc2)cc1. The molecule has 2 aromatic rings. The molecule has 142 valence electrons. The van der Waals surface area contributed by atoms with Gasteiger partial charge in [-0.3, -0.25) is 0 Å². The van der Waals surface area contributed by atoms with Crippen molar-refractivity contribution in [3.05, 3.63) is 59.7 Å². The second kappa shape index (κ2) is 7.73. The standard InChI is InChI=1S/C23H26O4/c1-15-3-7-17(8-4-15)21-23(27-21)26-20-13-11-19(12-14-20)25-22(24)18-9-5-16(2)6-10-18/h5-6,9-15,17,21,23H,3-4,7-8H2,1-2H3. The highest BCUT2D eigenvalue weighted by atomic mass is 16.8. The Bertz CT molecular complexity index is 773. The van der Waals surface area contributed by atoms with Gasteiger partial charge in [0, 0.05) is 0 Å². The largest absolute Gasteiger partial charge is 0.462 e. The molecule has 1 saturated heterocycles. The summed E-state index contributed by atoms with van der Waals surface area (Å²) in [6, 6.07) is 14.5. The summed E-state index contributed by atoms with van der Waals surface area (Å²) in [5, 5.41) is 0. The van der Waals surface area contributed by atoms with Crippen LogP contribution in [0.1, 0.15) is 48.5 Å². The fourth-order valence-electron chi connectivity index (χ4n) is 3.73. The van der Waals surface area contributed by atoms with Crippen LogP contribution in [0.4, 0.5) is 0 Å². The van der Waals surface area contributed by atoms with E-state index < -0.39 is 0 Å². The third kappa shape index (κ3) is 4.51. The molecular formula is C23H26O4. The van der Waals surface area contributed by atoms with Crippen LogP contribution in [0, 0.1) is 18.8 Å². The Kier molecular flexibility index (Phi) is 5.17. The maximum atomic E-state index is 12.2. The summed E-state index contributed by atoms with van der Waals surface area (Å²) in [5.74, 6) is 2.35. The van der Waals surface area contributed by atoms with E-state index in [4.69, 9.17) is 14.2 Å². The Morgan fingerprint density at radius 1 is 0.926 bits per heavy atom. The first-order chi connectivity index (χ1) is 13.1. The molecule has 0 amide bonds. The lowest BCUT2D eigenvalue weighted by Gasteiger charge is -2.24. The van der Waals surface area contributed by atoms with Crippen LogP contribution in [0.25, 0.3) is 0 Å². The molecule has 0 radical (unpaired) electrons. The molecule has 2 aliphatic rings. The van der Waals surface area contributed by atoms with Crippen molar-refractivity contribution < 1.29 is 19.0 Å². The first-order valence-corrected chi connectivity index (χ1v) is 9.79. The summed E-state index contributed by atoms with van der Waals surface area (Å²) < 4.78 is 17.1. The van der Waals surface area contributed by atoms with Gasteiger partial charge in [0.1, 0.15) is 17.6 Å². The zero-order valence-corrected chi connectivity index (χ0v) is 15.9. The lowest BCUT2D eigenvalue weighted by Crippen LogP contribution is -2.19. The van der Waals surface area contributed by atoms with E-state index in [2.05, 4.69) is 6.92 Å². The van der Waals surface area contributed by atoms with E-state index in [1.54, 1.807) is 24.3 Å². The van der Waals surface area contributed by atoms with Crippen molar-refractivity contribution in [3.63, 3.8) is 0 Å². The van der Waals surface area contributed by atoms with Gasteiger partial charge < -0.3 is 14.2 Å². The first kappa shape index (κ1) is 18.1. The van der Waals surface area contributed by atoms with E-state index in [-0.39, 0.29) is 18.4 Å². The van der Waals surface area contributed by atoms with Crippen LogP contribution in [0.5, 0.6) is 11.5 Å². The van der Waals surface area contributed by atoms with Gasteiger partial charge in [0.15, 0.2) is 0 Å².